The zero-order chi connectivity index (χ0) is 14.0. The zero-order valence-corrected chi connectivity index (χ0v) is 12.2. The van der Waals surface area contributed by atoms with E-state index < -0.39 is 5.82 Å². The van der Waals surface area contributed by atoms with E-state index in [1.807, 2.05) is 0 Å². The van der Waals surface area contributed by atoms with Gasteiger partial charge >= 0.3 is 0 Å². The summed E-state index contributed by atoms with van der Waals surface area (Å²) in [7, 11) is 0. The first-order valence-electron chi connectivity index (χ1n) is 5.41. The van der Waals surface area contributed by atoms with Gasteiger partial charge in [-0.05, 0) is 37.3 Å². The van der Waals surface area contributed by atoms with Crippen LogP contribution in [0.3, 0.4) is 0 Å². The van der Waals surface area contributed by atoms with Gasteiger partial charge in [0, 0.05) is 14.8 Å². The molecule has 2 aromatic rings. The number of hydrogen-bond acceptors (Lipinski definition) is 2. The molecule has 0 saturated carbocycles. The van der Waals surface area contributed by atoms with E-state index in [-0.39, 0.29) is 11.3 Å². The van der Waals surface area contributed by atoms with E-state index in [2.05, 4.69) is 0 Å². The maximum absolute atomic E-state index is 13.7. The van der Waals surface area contributed by atoms with Crippen LogP contribution in [0.4, 0.5) is 4.39 Å². The number of carbonyl (C=O) groups excluding carboxylic acids is 1. The maximum atomic E-state index is 13.7. The highest BCUT2D eigenvalue weighted by molar-refractivity contribution is 7.99. The molecule has 0 unspecified atom stereocenters. The first kappa shape index (κ1) is 14.4. The Morgan fingerprint density at radius 1 is 1.16 bits per heavy atom. The van der Waals surface area contributed by atoms with Crippen LogP contribution in [0.5, 0.6) is 0 Å². The van der Waals surface area contributed by atoms with Crippen LogP contribution >= 0.6 is 35.0 Å². The van der Waals surface area contributed by atoms with Crippen LogP contribution in [0, 0.1) is 5.82 Å². The molecule has 0 atom stereocenters. The number of carbonyl (C=O) groups is 1. The first-order chi connectivity index (χ1) is 8.99. The molecule has 5 heteroatoms. The van der Waals surface area contributed by atoms with Crippen molar-refractivity contribution in [3.63, 3.8) is 0 Å². The lowest BCUT2D eigenvalue weighted by Gasteiger charge is -2.09. The highest BCUT2D eigenvalue weighted by atomic mass is 35.5. The predicted molar refractivity (Wildman–Crippen MR) is 77.0 cm³/mol. The summed E-state index contributed by atoms with van der Waals surface area (Å²) in [5.74, 6) is -0.852. The molecule has 0 aliphatic carbocycles. The summed E-state index contributed by atoms with van der Waals surface area (Å²) in [6.45, 7) is 1.34. The number of benzene rings is 2. The molecule has 0 fully saturated rings. The molecular formula is C14H9Cl2FOS. The molecule has 0 aromatic heterocycles. The third-order valence-corrected chi connectivity index (χ3v) is 4.24. The molecule has 0 heterocycles. The molecule has 2 aromatic carbocycles. The summed E-state index contributed by atoms with van der Waals surface area (Å²) in [5, 5.41) is 1.04. The van der Waals surface area contributed by atoms with Gasteiger partial charge in [0.15, 0.2) is 5.78 Å². The van der Waals surface area contributed by atoms with Gasteiger partial charge in [-0.1, -0.05) is 41.0 Å². The first-order valence-corrected chi connectivity index (χ1v) is 6.98. The Morgan fingerprint density at radius 3 is 2.58 bits per heavy atom. The van der Waals surface area contributed by atoms with Crippen LogP contribution in [0.2, 0.25) is 10.0 Å². The van der Waals surface area contributed by atoms with Crippen LogP contribution in [0.15, 0.2) is 46.2 Å². The molecule has 0 bridgehead atoms. The van der Waals surface area contributed by atoms with Crippen molar-refractivity contribution in [2.24, 2.45) is 0 Å². The minimum atomic E-state index is -0.532. The molecule has 2 rings (SSSR count). The standard InChI is InChI=1S/C14H9Cl2FOS/c1-8(18)14-11(17)3-2-4-12(14)19-13-7-9(15)5-6-10(13)16/h2-7H,1H3. The Bertz CT molecular complexity index is 643. The molecular weight excluding hydrogens is 306 g/mol. The van der Waals surface area contributed by atoms with Gasteiger partial charge in [-0.25, -0.2) is 4.39 Å². The zero-order valence-electron chi connectivity index (χ0n) is 9.91. The van der Waals surface area contributed by atoms with E-state index in [0.717, 1.165) is 0 Å². The smallest absolute Gasteiger partial charge is 0.163 e. The average molecular weight is 315 g/mol. The Hall–Kier alpha value is -1.03. The molecule has 19 heavy (non-hydrogen) atoms. The summed E-state index contributed by atoms with van der Waals surface area (Å²) in [6.07, 6.45) is 0. The highest BCUT2D eigenvalue weighted by Gasteiger charge is 2.15. The number of ketones is 1. The molecule has 1 nitrogen and oxygen atoms in total. The lowest BCUT2D eigenvalue weighted by atomic mass is 10.1. The molecule has 0 aliphatic heterocycles. The second-order valence-corrected chi connectivity index (χ2v) is 5.77. The van der Waals surface area contributed by atoms with Gasteiger partial charge < -0.3 is 0 Å². The van der Waals surface area contributed by atoms with Crippen molar-refractivity contribution in [1.82, 2.24) is 0 Å². The quantitative estimate of drug-likeness (QED) is 0.697. The van der Waals surface area contributed by atoms with Crippen LogP contribution in [-0.4, -0.2) is 5.78 Å². The van der Waals surface area contributed by atoms with E-state index in [4.69, 9.17) is 23.2 Å². The van der Waals surface area contributed by atoms with Gasteiger partial charge in [0.1, 0.15) is 5.82 Å². The fourth-order valence-electron chi connectivity index (χ4n) is 1.60. The summed E-state index contributed by atoms with van der Waals surface area (Å²) < 4.78 is 13.7. The Kier molecular flexibility index (Phi) is 4.50. The van der Waals surface area contributed by atoms with E-state index in [9.17, 15) is 9.18 Å². The van der Waals surface area contributed by atoms with E-state index >= 15 is 0 Å². The van der Waals surface area contributed by atoms with Gasteiger partial charge in [-0.3, -0.25) is 4.79 Å². The Labute approximate surface area is 124 Å². The molecule has 0 amide bonds. The summed E-state index contributed by atoms with van der Waals surface area (Å²) in [6, 6.07) is 9.53. The monoisotopic (exact) mass is 314 g/mol. The third-order valence-electron chi connectivity index (χ3n) is 2.44. The van der Waals surface area contributed by atoms with E-state index in [0.29, 0.717) is 19.8 Å². The normalized spacial score (nSPS) is 10.5. The minimum absolute atomic E-state index is 0.0727. The second kappa shape index (κ2) is 5.95. The van der Waals surface area contributed by atoms with Crippen LogP contribution in [0.1, 0.15) is 17.3 Å². The number of halogens is 3. The summed E-state index contributed by atoms with van der Waals surface area (Å²) in [4.78, 5) is 12.7. The van der Waals surface area contributed by atoms with Gasteiger partial charge in [-0.15, -0.1) is 0 Å². The molecule has 0 spiro atoms. The Balaban J connectivity index is 2.46. The number of hydrogen-bond donors (Lipinski definition) is 0. The van der Waals surface area contributed by atoms with Gasteiger partial charge in [0.2, 0.25) is 0 Å². The molecule has 0 radical (unpaired) electrons. The van der Waals surface area contributed by atoms with Crippen molar-refractivity contribution < 1.29 is 9.18 Å². The lowest BCUT2D eigenvalue weighted by Crippen LogP contribution is -1.99. The molecule has 0 N–H and O–H groups in total. The average Bonchev–Trinajstić information content (AvgIpc) is 2.33. The number of rotatable bonds is 3. The van der Waals surface area contributed by atoms with Crippen LogP contribution in [-0.2, 0) is 0 Å². The van der Waals surface area contributed by atoms with Gasteiger partial charge in [0.05, 0.1) is 10.6 Å². The summed E-state index contributed by atoms with van der Waals surface area (Å²) in [5.41, 5.74) is 0.0727. The highest BCUT2D eigenvalue weighted by Crippen LogP contribution is 2.37. The predicted octanol–water partition coefficient (Wildman–Crippen LogP) is 5.49. The lowest BCUT2D eigenvalue weighted by molar-refractivity contribution is 0.101. The van der Waals surface area contributed by atoms with Crippen molar-refractivity contribution in [2.75, 3.05) is 0 Å². The Morgan fingerprint density at radius 2 is 1.89 bits per heavy atom. The van der Waals surface area contributed by atoms with Gasteiger partial charge in [0.25, 0.3) is 0 Å². The second-order valence-electron chi connectivity index (χ2n) is 3.85. The van der Waals surface area contributed by atoms with Crippen molar-refractivity contribution in [1.29, 1.82) is 0 Å². The van der Waals surface area contributed by atoms with Crippen LogP contribution in [0.25, 0.3) is 0 Å². The van der Waals surface area contributed by atoms with Crippen molar-refractivity contribution >= 4 is 40.7 Å². The molecule has 0 aliphatic rings. The van der Waals surface area contributed by atoms with E-state index in [1.165, 1.54) is 24.8 Å². The largest absolute Gasteiger partial charge is 0.294 e. The van der Waals surface area contributed by atoms with Crippen molar-refractivity contribution in [2.45, 2.75) is 16.7 Å². The van der Waals surface area contributed by atoms with Gasteiger partial charge in [-0.2, -0.15) is 0 Å². The van der Waals surface area contributed by atoms with E-state index in [1.54, 1.807) is 30.3 Å². The summed E-state index contributed by atoms with van der Waals surface area (Å²) >= 11 is 13.2. The van der Waals surface area contributed by atoms with Crippen molar-refractivity contribution in [3.8, 4) is 0 Å². The fourth-order valence-corrected chi connectivity index (χ4v) is 3.15. The number of Topliss-reactive ketones (excluding diaryl/α,β-unsaturated/α-hetero) is 1. The van der Waals surface area contributed by atoms with Crippen LogP contribution < -0.4 is 0 Å². The fraction of sp³-hybridized carbons (Fsp3) is 0.0714. The molecule has 98 valence electrons. The SMILES string of the molecule is CC(=O)c1c(F)cccc1Sc1cc(Cl)ccc1Cl. The third kappa shape index (κ3) is 3.30. The molecule has 0 saturated heterocycles. The maximum Gasteiger partial charge on any atom is 0.163 e. The van der Waals surface area contributed by atoms with Crippen molar-refractivity contribution in [3.05, 3.63) is 57.8 Å². The topological polar surface area (TPSA) is 17.1 Å². The minimum Gasteiger partial charge on any atom is -0.294 e.